The Labute approximate surface area is 200 Å². The van der Waals surface area contributed by atoms with Crippen molar-refractivity contribution in [2.45, 2.75) is 10.3 Å². The molecule has 0 aliphatic carbocycles. The molecule has 1 N–H and O–H groups in total. The lowest BCUT2D eigenvalue weighted by Gasteiger charge is -2.36. The molecule has 0 saturated heterocycles. The number of amides is 1. The second-order valence-corrected chi connectivity index (χ2v) is 9.46. The molecule has 5 rings (SSSR count). The van der Waals surface area contributed by atoms with Crippen LogP contribution in [0.5, 0.6) is 0 Å². The molecular formula is C25H19Cl2N3OS. The van der Waals surface area contributed by atoms with Crippen molar-refractivity contribution in [1.82, 2.24) is 9.88 Å². The second kappa shape index (κ2) is 9.02. The van der Waals surface area contributed by atoms with Gasteiger partial charge in [0.2, 0.25) is 0 Å². The number of fused-ring (bicyclic) bond motifs is 2. The molecule has 0 saturated carbocycles. The van der Waals surface area contributed by atoms with Gasteiger partial charge in [0.15, 0.2) is 0 Å². The molecule has 0 spiro atoms. The molecule has 7 heteroatoms. The number of halogens is 2. The average Bonchev–Trinajstić information content (AvgIpc) is 2.81. The highest BCUT2D eigenvalue weighted by Crippen LogP contribution is 2.44. The van der Waals surface area contributed by atoms with Gasteiger partial charge in [0.05, 0.1) is 11.1 Å². The predicted octanol–water partition coefficient (Wildman–Crippen LogP) is 6.90. The van der Waals surface area contributed by atoms with Crippen LogP contribution in [-0.2, 0) is 0 Å². The predicted molar refractivity (Wildman–Crippen MR) is 133 cm³/mol. The van der Waals surface area contributed by atoms with Crippen molar-refractivity contribution < 1.29 is 4.79 Å². The molecule has 0 fully saturated rings. The van der Waals surface area contributed by atoms with Gasteiger partial charge >= 0.3 is 0 Å². The van der Waals surface area contributed by atoms with E-state index in [1.807, 2.05) is 77.7 Å². The Balaban J connectivity index is 1.40. The van der Waals surface area contributed by atoms with Gasteiger partial charge in [-0.3, -0.25) is 9.78 Å². The first-order valence-corrected chi connectivity index (χ1v) is 11.8. The normalized spacial score (nSPS) is 15.6. The quantitative estimate of drug-likeness (QED) is 0.338. The van der Waals surface area contributed by atoms with E-state index in [2.05, 4.69) is 10.3 Å². The molecule has 4 aromatic rings. The first-order valence-electron chi connectivity index (χ1n) is 10.2. The molecular weight excluding hydrogens is 461 g/mol. The van der Waals surface area contributed by atoms with Crippen LogP contribution in [0.3, 0.4) is 0 Å². The van der Waals surface area contributed by atoms with Crippen molar-refractivity contribution in [2.24, 2.45) is 0 Å². The largest absolute Gasteiger partial charge is 0.383 e. The number of aromatic nitrogens is 1. The molecule has 0 bridgehead atoms. The van der Waals surface area contributed by atoms with E-state index in [0.29, 0.717) is 23.1 Å². The number of nitrogens with one attached hydrogen (secondary N) is 1. The fourth-order valence-corrected chi connectivity index (χ4v) is 5.47. The molecule has 0 radical (unpaired) electrons. The summed E-state index contributed by atoms with van der Waals surface area (Å²) in [6.45, 7) is 1.14. The lowest BCUT2D eigenvalue weighted by Crippen LogP contribution is -2.39. The van der Waals surface area contributed by atoms with Gasteiger partial charge in [-0.1, -0.05) is 59.2 Å². The zero-order chi connectivity index (χ0) is 22.1. The number of anilines is 1. The Morgan fingerprint density at radius 3 is 2.59 bits per heavy atom. The monoisotopic (exact) mass is 479 g/mol. The van der Waals surface area contributed by atoms with Gasteiger partial charge in [0.1, 0.15) is 5.37 Å². The summed E-state index contributed by atoms with van der Waals surface area (Å²) in [5.74, 6) is 0.0347. The molecule has 1 aromatic heterocycles. The van der Waals surface area contributed by atoms with E-state index in [1.165, 1.54) is 0 Å². The smallest absolute Gasteiger partial charge is 0.256 e. The Hall–Kier alpha value is -2.73. The number of carbonyl (C=O) groups is 1. The number of rotatable bonds is 5. The summed E-state index contributed by atoms with van der Waals surface area (Å²) in [4.78, 5) is 20.7. The molecule has 32 heavy (non-hydrogen) atoms. The van der Waals surface area contributed by atoms with Crippen LogP contribution in [0.1, 0.15) is 21.3 Å². The second-order valence-electron chi connectivity index (χ2n) is 7.46. The van der Waals surface area contributed by atoms with Crippen molar-refractivity contribution in [3.8, 4) is 0 Å². The van der Waals surface area contributed by atoms with Gasteiger partial charge in [-0.2, -0.15) is 0 Å². The van der Waals surface area contributed by atoms with E-state index in [1.54, 1.807) is 18.0 Å². The van der Waals surface area contributed by atoms with Crippen LogP contribution in [-0.4, -0.2) is 28.9 Å². The van der Waals surface area contributed by atoms with Crippen LogP contribution in [0.25, 0.3) is 10.9 Å². The van der Waals surface area contributed by atoms with Crippen LogP contribution in [0.2, 0.25) is 10.0 Å². The number of hydrogen-bond donors (Lipinski definition) is 1. The van der Waals surface area contributed by atoms with Gasteiger partial charge < -0.3 is 10.2 Å². The molecule has 4 nitrogen and oxygen atoms in total. The zero-order valence-electron chi connectivity index (χ0n) is 17.0. The first kappa shape index (κ1) is 21.1. The minimum absolute atomic E-state index is 0.0347. The SMILES string of the molecule is O=C1c2ccccc2SC(c2ccc(Cl)cc2)N1CCNc1ccnc2cc(Cl)ccc12. The van der Waals surface area contributed by atoms with Crippen molar-refractivity contribution in [2.75, 3.05) is 18.4 Å². The average molecular weight is 480 g/mol. The highest BCUT2D eigenvalue weighted by Gasteiger charge is 2.33. The summed E-state index contributed by atoms with van der Waals surface area (Å²) < 4.78 is 0. The number of hydrogen-bond acceptors (Lipinski definition) is 4. The van der Waals surface area contributed by atoms with Crippen LogP contribution >= 0.6 is 35.0 Å². The summed E-state index contributed by atoms with van der Waals surface area (Å²) in [5, 5.41) is 5.68. The fraction of sp³-hybridized carbons (Fsp3) is 0.120. The van der Waals surface area contributed by atoms with E-state index in [4.69, 9.17) is 23.2 Å². The van der Waals surface area contributed by atoms with Gasteiger partial charge in [0.25, 0.3) is 5.91 Å². The maximum atomic E-state index is 13.4. The Bertz CT molecular complexity index is 1300. The van der Waals surface area contributed by atoms with Crippen molar-refractivity contribution in [3.63, 3.8) is 0 Å². The molecule has 1 atom stereocenters. The lowest BCUT2D eigenvalue weighted by atomic mass is 10.1. The first-order chi connectivity index (χ1) is 15.6. The van der Waals surface area contributed by atoms with Gasteiger partial charge in [0, 0.05) is 45.3 Å². The van der Waals surface area contributed by atoms with E-state index < -0.39 is 0 Å². The van der Waals surface area contributed by atoms with Crippen molar-refractivity contribution in [3.05, 3.63) is 100 Å². The molecule has 160 valence electrons. The van der Waals surface area contributed by atoms with E-state index >= 15 is 0 Å². The third-order valence-electron chi connectivity index (χ3n) is 5.43. The summed E-state index contributed by atoms with van der Waals surface area (Å²) in [6, 6.07) is 23.1. The fourth-order valence-electron chi connectivity index (χ4n) is 3.87. The molecule has 1 aliphatic rings. The van der Waals surface area contributed by atoms with E-state index in [-0.39, 0.29) is 11.3 Å². The number of benzene rings is 3. The third kappa shape index (κ3) is 4.16. The van der Waals surface area contributed by atoms with Crippen LogP contribution in [0.4, 0.5) is 5.69 Å². The van der Waals surface area contributed by atoms with Crippen LogP contribution in [0, 0.1) is 0 Å². The third-order valence-corrected chi connectivity index (χ3v) is 7.28. The summed E-state index contributed by atoms with van der Waals surface area (Å²) in [5.41, 5.74) is 3.59. The van der Waals surface area contributed by atoms with Gasteiger partial charge in [-0.25, -0.2) is 0 Å². The Morgan fingerprint density at radius 2 is 1.75 bits per heavy atom. The minimum atomic E-state index is -0.121. The Morgan fingerprint density at radius 1 is 0.969 bits per heavy atom. The van der Waals surface area contributed by atoms with Gasteiger partial charge in [-0.05, 0) is 54.1 Å². The van der Waals surface area contributed by atoms with E-state index in [0.717, 1.165) is 32.6 Å². The topological polar surface area (TPSA) is 45.2 Å². The minimum Gasteiger partial charge on any atom is -0.383 e. The van der Waals surface area contributed by atoms with Crippen molar-refractivity contribution >= 4 is 57.5 Å². The number of carbonyl (C=O) groups excluding carboxylic acids is 1. The number of thioether (sulfide) groups is 1. The molecule has 2 heterocycles. The zero-order valence-corrected chi connectivity index (χ0v) is 19.3. The molecule has 1 unspecified atom stereocenters. The standard InChI is InChI=1S/C25H19Cl2N3OS/c26-17-7-5-16(6-8-17)25-30(24(31)20-3-1-2-4-23(20)32-25)14-13-29-21-11-12-28-22-15-18(27)9-10-19(21)22/h1-12,15,25H,13-14H2,(H,28,29). The molecule has 3 aromatic carbocycles. The molecule has 1 amide bonds. The highest BCUT2D eigenvalue weighted by atomic mass is 35.5. The summed E-state index contributed by atoms with van der Waals surface area (Å²) in [6.07, 6.45) is 1.76. The van der Waals surface area contributed by atoms with Crippen LogP contribution in [0.15, 0.2) is 83.9 Å². The summed E-state index contributed by atoms with van der Waals surface area (Å²) >= 11 is 13.9. The lowest BCUT2D eigenvalue weighted by molar-refractivity contribution is 0.0733. The number of nitrogens with zero attached hydrogens (tertiary/aromatic N) is 2. The number of pyridine rings is 1. The highest BCUT2D eigenvalue weighted by molar-refractivity contribution is 7.99. The maximum Gasteiger partial charge on any atom is 0.256 e. The van der Waals surface area contributed by atoms with Crippen molar-refractivity contribution in [1.29, 1.82) is 0 Å². The van der Waals surface area contributed by atoms with Gasteiger partial charge in [-0.15, -0.1) is 0 Å². The maximum absolute atomic E-state index is 13.4. The molecule has 1 aliphatic heterocycles. The Kier molecular flexibility index (Phi) is 5.96. The summed E-state index contributed by atoms with van der Waals surface area (Å²) in [7, 11) is 0. The van der Waals surface area contributed by atoms with Crippen LogP contribution < -0.4 is 5.32 Å². The van der Waals surface area contributed by atoms with E-state index in [9.17, 15) is 4.79 Å².